The van der Waals surface area contributed by atoms with Gasteiger partial charge in [-0.05, 0) is 11.5 Å². The van der Waals surface area contributed by atoms with Crippen LogP contribution in [0.15, 0.2) is 30.3 Å². The summed E-state index contributed by atoms with van der Waals surface area (Å²) in [4.78, 5) is 0. The van der Waals surface area contributed by atoms with E-state index in [0.717, 1.165) is 16.7 Å². The molecule has 0 radical (unpaired) electrons. The average molecular weight is 255 g/mol. The molecule has 5 nitrogen and oxygen atoms in total. The number of nitrogens with one attached hydrogen (secondary N) is 1. The van der Waals surface area contributed by atoms with Crippen LogP contribution >= 0.6 is 0 Å². The highest BCUT2D eigenvalue weighted by atomic mass is 15.3. The Labute approximate surface area is 111 Å². The number of hydrogen-bond acceptors (Lipinski definition) is 3. The summed E-state index contributed by atoms with van der Waals surface area (Å²) in [6.07, 6.45) is 0. The molecule has 0 unspecified atom stereocenters. The molecule has 0 spiro atoms. The van der Waals surface area contributed by atoms with Crippen LogP contribution in [0, 0.1) is 0 Å². The van der Waals surface area contributed by atoms with Crippen molar-refractivity contribution in [2.24, 2.45) is 0 Å². The molecule has 2 heterocycles. The van der Waals surface area contributed by atoms with E-state index in [0.29, 0.717) is 18.3 Å². The Kier molecular flexibility index (Phi) is 2.74. The van der Waals surface area contributed by atoms with Crippen molar-refractivity contribution in [3.8, 4) is 0 Å². The molecule has 98 valence electrons. The van der Waals surface area contributed by atoms with Gasteiger partial charge in [-0.1, -0.05) is 44.2 Å². The minimum absolute atomic E-state index is 0.319. The van der Waals surface area contributed by atoms with E-state index in [1.54, 1.807) is 0 Å². The third-order valence-electron chi connectivity index (χ3n) is 3.23. The van der Waals surface area contributed by atoms with Crippen molar-refractivity contribution in [3.05, 3.63) is 41.6 Å². The van der Waals surface area contributed by atoms with Gasteiger partial charge in [0.25, 0.3) is 0 Å². The highest BCUT2D eigenvalue weighted by Gasteiger charge is 2.18. The fraction of sp³-hybridized carbons (Fsp3) is 0.286. The number of rotatable bonds is 3. The minimum atomic E-state index is 0.319. The molecular weight excluding hydrogens is 238 g/mol. The fourth-order valence-electron chi connectivity index (χ4n) is 2.28. The number of H-pyrrole nitrogens is 1. The first-order chi connectivity index (χ1) is 9.16. The number of aromatic nitrogens is 4. The topological polar surface area (TPSA) is 72.5 Å². The number of nitrogen functional groups attached to an aromatic ring is 1. The zero-order chi connectivity index (χ0) is 13.4. The summed E-state index contributed by atoms with van der Waals surface area (Å²) in [5.74, 6) is 0.914. The zero-order valence-electron chi connectivity index (χ0n) is 11.1. The zero-order valence-corrected chi connectivity index (χ0v) is 11.1. The van der Waals surface area contributed by atoms with Crippen molar-refractivity contribution in [2.75, 3.05) is 5.73 Å². The fourth-order valence-corrected chi connectivity index (χ4v) is 2.28. The Hall–Kier alpha value is -2.30. The van der Waals surface area contributed by atoms with Crippen molar-refractivity contribution in [1.29, 1.82) is 0 Å². The Morgan fingerprint density at radius 1 is 1.26 bits per heavy atom. The van der Waals surface area contributed by atoms with Crippen LogP contribution in [0.5, 0.6) is 0 Å². The Morgan fingerprint density at radius 2 is 2.00 bits per heavy atom. The molecule has 0 aliphatic rings. The van der Waals surface area contributed by atoms with Crippen LogP contribution in [-0.4, -0.2) is 20.0 Å². The maximum atomic E-state index is 5.95. The lowest BCUT2D eigenvalue weighted by Gasteiger charge is -2.03. The molecular formula is C14H17N5. The van der Waals surface area contributed by atoms with E-state index >= 15 is 0 Å². The van der Waals surface area contributed by atoms with Gasteiger partial charge >= 0.3 is 0 Å². The number of anilines is 1. The van der Waals surface area contributed by atoms with E-state index in [-0.39, 0.29) is 0 Å². The van der Waals surface area contributed by atoms with Crippen LogP contribution in [0.25, 0.3) is 11.0 Å². The number of fused-ring (bicyclic) bond motifs is 1. The molecule has 0 bridgehead atoms. The maximum absolute atomic E-state index is 5.95. The van der Waals surface area contributed by atoms with E-state index in [4.69, 9.17) is 5.73 Å². The molecule has 5 heteroatoms. The second kappa shape index (κ2) is 4.42. The number of benzene rings is 1. The molecule has 0 saturated heterocycles. The van der Waals surface area contributed by atoms with Crippen molar-refractivity contribution < 1.29 is 0 Å². The third-order valence-corrected chi connectivity index (χ3v) is 3.23. The summed E-state index contributed by atoms with van der Waals surface area (Å²) >= 11 is 0. The standard InChI is InChI=1S/C14H17N5/c1-9(2)12-11-13(15)16-17-14(11)19(18-12)8-10-6-4-3-5-7-10/h3-7,9H,8H2,1-2H3,(H3,15,16,17). The summed E-state index contributed by atoms with van der Waals surface area (Å²) in [5, 5.41) is 12.7. The first kappa shape index (κ1) is 11.8. The smallest absolute Gasteiger partial charge is 0.182 e. The number of nitrogens with zero attached hydrogens (tertiary/aromatic N) is 3. The molecule has 3 N–H and O–H groups in total. The predicted molar refractivity (Wildman–Crippen MR) is 75.9 cm³/mol. The highest BCUT2D eigenvalue weighted by Crippen LogP contribution is 2.27. The average Bonchev–Trinajstić information content (AvgIpc) is 2.93. The minimum Gasteiger partial charge on any atom is -0.383 e. The Morgan fingerprint density at radius 3 is 2.68 bits per heavy atom. The van der Waals surface area contributed by atoms with Gasteiger partial charge in [0.15, 0.2) is 5.65 Å². The number of nitrogens with two attached hydrogens (primary N) is 1. The van der Waals surface area contributed by atoms with Crippen molar-refractivity contribution >= 4 is 16.9 Å². The molecule has 0 atom stereocenters. The van der Waals surface area contributed by atoms with Crippen LogP contribution in [0.4, 0.5) is 5.82 Å². The molecule has 1 aromatic carbocycles. The maximum Gasteiger partial charge on any atom is 0.182 e. The first-order valence-corrected chi connectivity index (χ1v) is 6.41. The van der Waals surface area contributed by atoms with Gasteiger partial charge in [0, 0.05) is 0 Å². The molecule has 0 saturated carbocycles. The van der Waals surface area contributed by atoms with Crippen LogP contribution in [-0.2, 0) is 6.54 Å². The van der Waals surface area contributed by atoms with Gasteiger partial charge in [0.2, 0.25) is 0 Å². The second-order valence-electron chi connectivity index (χ2n) is 5.02. The van der Waals surface area contributed by atoms with Gasteiger partial charge in [0.1, 0.15) is 5.82 Å². The molecule has 2 aromatic heterocycles. The molecule has 3 rings (SSSR count). The van der Waals surface area contributed by atoms with Gasteiger partial charge in [-0.3, -0.25) is 5.10 Å². The van der Waals surface area contributed by atoms with Gasteiger partial charge < -0.3 is 5.73 Å². The summed E-state index contributed by atoms with van der Waals surface area (Å²) in [6.45, 7) is 4.93. The van der Waals surface area contributed by atoms with Crippen molar-refractivity contribution in [1.82, 2.24) is 20.0 Å². The predicted octanol–water partition coefficient (Wildman–Crippen LogP) is 2.51. The van der Waals surface area contributed by atoms with Crippen LogP contribution in [0.1, 0.15) is 31.0 Å². The highest BCUT2D eigenvalue weighted by molar-refractivity contribution is 5.89. The summed E-state index contributed by atoms with van der Waals surface area (Å²) in [5.41, 5.74) is 8.97. The second-order valence-corrected chi connectivity index (χ2v) is 5.02. The Balaban J connectivity index is 2.09. The number of aromatic amines is 1. The van der Waals surface area contributed by atoms with Gasteiger partial charge in [0.05, 0.1) is 17.6 Å². The third kappa shape index (κ3) is 1.97. The lowest BCUT2D eigenvalue weighted by molar-refractivity contribution is 0.666. The molecule has 0 amide bonds. The van der Waals surface area contributed by atoms with E-state index in [9.17, 15) is 0 Å². The Bertz CT molecular complexity index is 693. The summed E-state index contributed by atoms with van der Waals surface area (Å²) < 4.78 is 1.91. The van der Waals surface area contributed by atoms with Crippen LogP contribution in [0.3, 0.4) is 0 Å². The summed E-state index contributed by atoms with van der Waals surface area (Å²) in [6, 6.07) is 10.2. The largest absolute Gasteiger partial charge is 0.383 e. The molecule has 3 aromatic rings. The summed E-state index contributed by atoms with van der Waals surface area (Å²) in [7, 11) is 0. The molecule has 0 aliphatic heterocycles. The van der Waals surface area contributed by atoms with Gasteiger partial charge in [-0.15, -0.1) is 0 Å². The van der Waals surface area contributed by atoms with Gasteiger partial charge in [-0.25, -0.2) is 4.68 Å². The SMILES string of the molecule is CC(C)c1nn(Cc2ccccc2)c2n[nH]c(N)c12. The van der Waals surface area contributed by atoms with Crippen LogP contribution in [0.2, 0.25) is 0 Å². The molecule has 19 heavy (non-hydrogen) atoms. The van der Waals surface area contributed by atoms with E-state index in [2.05, 4.69) is 41.3 Å². The monoisotopic (exact) mass is 255 g/mol. The quantitative estimate of drug-likeness (QED) is 0.755. The van der Waals surface area contributed by atoms with Crippen molar-refractivity contribution in [3.63, 3.8) is 0 Å². The lowest BCUT2D eigenvalue weighted by Crippen LogP contribution is -2.03. The van der Waals surface area contributed by atoms with E-state index < -0.39 is 0 Å². The normalized spacial score (nSPS) is 11.5. The first-order valence-electron chi connectivity index (χ1n) is 6.41. The van der Waals surface area contributed by atoms with Crippen LogP contribution < -0.4 is 5.73 Å². The molecule has 0 fully saturated rings. The van der Waals surface area contributed by atoms with Crippen molar-refractivity contribution in [2.45, 2.75) is 26.3 Å². The van der Waals surface area contributed by atoms with Gasteiger partial charge in [-0.2, -0.15) is 10.2 Å². The van der Waals surface area contributed by atoms with E-state index in [1.165, 1.54) is 5.56 Å². The molecule has 0 aliphatic carbocycles. The van der Waals surface area contributed by atoms with E-state index in [1.807, 2.05) is 22.9 Å². The lowest BCUT2D eigenvalue weighted by atomic mass is 10.1. The number of hydrogen-bond donors (Lipinski definition) is 2.